The molecule has 1 atom stereocenters. The monoisotopic (exact) mass is 293 g/mol. The SMILES string of the molecule is CN(C)C(=O)c1cc(NC(=O)C2CCCCN2)ccc1F. The van der Waals surface area contributed by atoms with E-state index in [2.05, 4.69) is 10.6 Å². The molecule has 1 unspecified atom stereocenters. The van der Waals surface area contributed by atoms with Crippen molar-refractivity contribution in [2.45, 2.75) is 25.3 Å². The Balaban J connectivity index is 2.11. The van der Waals surface area contributed by atoms with E-state index in [1.54, 1.807) is 14.1 Å². The van der Waals surface area contributed by atoms with E-state index in [-0.39, 0.29) is 17.5 Å². The molecule has 0 aliphatic carbocycles. The number of hydrogen-bond donors (Lipinski definition) is 2. The number of hydrogen-bond acceptors (Lipinski definition) is 3. The average Bonchev–Trinajstić information content (AvgIpc) is 2.49. The first-order valence-electron chi connectivity index (χ1n) is 7.04. The second kappa shape index (κ2) is 6.67. The Labute approximate surface area is 123 Å². The van der Waals surface area contributed by atoms with Crippen molar-refractivity contribution < 1.29 is 14.0 Å². The molecule has 0 spiro atoms. The minimum atomic E-state index is -0.595. The molecule has 6 heteroatoms. The van der Waals surface area contributed by atoms with Crippen LogP contribution in [0.1, 0.15) is 29.6 Å². The molecule has 0 radical (unpaired) electrons. The summed E-state index contributed by atoms with van der Waals surface area (Å²) in [7, 11) is 3.11. The van der Waals surface area contributed by atoms with Gasteiger partial charge in [-0.3, -0.25) is 9.59 Å². The second-order valence-electron chi connectivity index (χ2n) is 5.39. The zero-order chi connectivity index (χ0) is 15.4. The summed E-state index contributed by atoms with van der Waals surface area (Å²) in [5.41, 5.74) is 0.383. The van der Waals surface area contributed by atoms with Gasteiger partial charge in [-0.15, -0.1) is 0 Å². The van der Waals surface area contributed by atoms with Gasteiger partial charge in [0.15, 0.2) is 0 Å². The third-order valence-corrected chi connectivity index (χ3v) is 3.50. The molecule has 1 saturated heterocycles. The molecule has 2 amide bonds. The standard InChI is InChI=1S/C15H20FN3O2/c1-19(2)15(21)11-9-10(6-7-12(11)16)18-14(20)13-5-3-4-8-17-13/h6-7,9,13,17H,3-5,8H2,1-2H3,(H,18,20). The summed E-state index contributed by atoms with van der Waals surface area (Å²) in [6.45, 7) is 0.825. The maximum Gasteiger partial charge on any atom is 0.256 e. The smallest absolute Gasteiger partial charge is 0.256 e. The maximum absolute atomic E-state index is 13.7. The highest BCUT2D eigenvalue weighted by molar-refractivity contribution is 5.98. The van der Waals surface area contributed by atoms with Crippen molar-refractivity contribution in [2.75, 3.05) is 26.0 Å². The van der Waals surface area contributed by atoms with Gasteiger partial charge < -0.3 is 15.5 Å². The number of benzene rings is 1. The highest BCUT2D eigenvalue weighted by Crippen LogP contribution is 2.17. The maximum atomic E-state index is 13.7. The first-order valence-corrected chi connectivity index (χ1v) is 7.04. The number of anilines is 1. The number of nitrogens with one attached hydrogen (secondary N) is 2. The summed E-state index contributed by atoms with van der Waals surface area (Å²) < 4.78 is 13.7. The normalized spacial score (nSPS) is 18.1. The molecular weight excluding hydrogens is 273 g/mol. The molecule has 2 N–H and O–H groups in total. The summed E-state index contributed by atoms with van der Waals surface area (Å²) in [5, 5.41) is 5.88. The van der Waals surface area contributed by atoms with Crippen LogP contribution in [-0.2, 0) is 4.79 Å². The van der Waals surface area contributed by atoms with Crippen LogP contribution in [0.5, 0.6) is 0 Å². The third kappa shape index (κ3) is 3.78. The summed E-state index contributed by atoms with van der Waals surface area (Å²) in [6, 6.07) is 3.80. The lowest BCUT2D eigenvalue weighted by molar-refractivity contribution is -0.118. The largest absolute Gasteiger partial charge is 0.345 e. The van der Waals surface area contributed by atoms with Crippen LogP contribution in [0, 0.1) is 5.82 Å². The van der Waals surface area contributed by atoms with Gasteiger partial charge >= 0.3 is 0 Å². The highest BCUT2D eigenvalue weighted by Gasteiger charge is 2.21. The molecule has 1 aromatic carbocycles. The number of nitrogens with zero attached hydrogens (tertiary/aromatic N) is 1. The van der Waals surface area contributed by atoms with Crippen LogP contribution < -0.4 is 10.6 Å². The van der Waals surface area contributed by atoms with Gasteiger partial charge in [0.1, 0.15) is 5.82 Å². The van der Waals surface area contributed by atoms with Crippen LogP contribution in [0.2, 0.25) is 0 Å². The molecular formula is C15H20FN3O2. The number of carbonyl (C=O) groups is 2. The van der Waals surface area contributed by atoms with Crippen molar-refractivity contribution in [3.8, 4) is 0 Å². The zero-order valence-electron chi connectivity index (χ0n) is 12.3. The van der Waals surface area contributed by atoms with Crippen LogP contribution >= 0.6 is 0 Å². The number of halogens is 1. The van der Waals surface area contributed by atoms with Crippen molar-refractivity contribution in [3.05, 3.63) is 29.6 Å². The quantitative estimate of drug-likeness (QED) is 0.890. The fourth-order valence-corrected chi connectivity index (χ4v) is 2.31. The lowest BCUT2D eigenvalue weighted by atomic mass is 10.0. The Kier molecular flexibility index (Phi) is 4.90. The molecule has 0 saturated carbocycles. The van der Waals surface area contributed by atoms with Gasteiger partial charge in [0.25, 0.3) is 5.91 Å². The summed E-state index contributed by atoms with van der Waals surface area (Å²) in [4.78, 5) is 25.3. The molecule has 1 heterocycles. The lowest BCUT2D eigenvalue weighted by Crippen LogP contribution is -2.43. The molecule has 1 fully saturated rings. The van der Waals surface area contributed by atoms with E-state index in [9.17, 15) is 14.0 Å². The Morgan fingerprint density at radius 1 is 1.33 bits per heavy atom. The van der Waals surface area contributed by atoms with Crippen LogP contribution in [0.3, 0.4) is 0 Å². The predicted octanol–water partition coefficient (Wildman–Crippen LogP) is 1.61. The van der Waals surface area contributed by atoms with E-state index >= 15 is 0 Å². The fraction of sp³-hybridized carbons (Fsp3) is 0.467. The van der Waals surface area contributed by atoms with Crippen LogP contribution in [0.25, 0.3) is 0 Å². The topological polar surface area (TPSA) is 61.4 Å². The molecule has 114 valence electrons. The Hall–Kier alpha value is -1.95. The molecule has 0 bridgehead atoms. The predicted molar refractivity (Wildman–Crippen MR) is 78.7 cm³/mol. The number of rotatable bonds is 3. The summed E-state index contributed by atoms with van der Waals surface area (Å²) in [5.74, 6) is -1.17. The minimum absolute atomic E-state index is 0.0468. The Morgan fingerprint density at radius 3 is 2.71 bits per heavy atom. The van der Waals surface area contributed by atoms with Crippen molar-refractivity contribution in [2.24, 2.45) is 0 Å². The van der Waals surface area contributed by atoms with E-state index in [1.807, 2.05) is 0 Å². The molecule has 5 nitrogen and oxygen atoms in total. The molecule has 0 aromatic heterocycles. The van der Waals surface area contributed by atoms with E-state index in [4.69, 9.17) is 0 Å². The molecule has 21 heavy (non-hydrogen) atoms. The minimum Gasteiger partial charge on any atom is -0.345 e. The van der Waals surface area contributed by atoms with Gasteiger partial charge in [0.2, 0.25) is 5.91 Å². The van der Waals surface area contributed by atoms with E-state index < -0.39 is 11.7 Å². The number of piperidine rings is 1. The number of amides is 2. The van der Waals surface area contributed by atoms with Gasteiger partial charge in [0.05, 0.1) is 11.6 Å². The van der Waals surface area contributed by atoms with Crippen LogP contribution in [0.15, 0.2) is 18.2 Å². The first kappa shape index (κ1) is 15.4. The van der Waals surface area contributed by atoms with Gasteiger partial charge in [-0.25, -0.2) is 4.39 Å². The van der Waals surface area contributed by atoms with Gasteiger partial charge in [-0.2, -0.15) is 0 Å². The van der Waals surface area contributed by atoms with E-state index in [0.29, 0.717) is 5.69 Å². The molecule has 1 aliphatic rings. The first-order chi connectivity index (χ1) is 9.99. The molecule has 1 aromatic rings. The Bertz CT molecular complexity index is 540. The van der Waals surface area contributed by atoms with Crippen LogP contribution in [-0.4, -0.2) is 43.4 Å². The van der Waals surface area contributed by atoms with Gasteiger partial charge in [0, 0.05) is 19.8 Å². The highest BCUT2D eigenvalue weighted by atomic mass is 19.1. The Morgan fingerprint density at radius 2 is 2.10 bits per heavy atom. The fourth-order valence-electron chi connectivity index (χ4n) is 2.31. The van der Waals surface area contributed by atoms with Crippen molar-refractivity contribution in [1.29, 1.82) is 0 Å². The molecule has 2 rings (SSSR count). The average molecular weight is 293 g/mol. The summed E-state index contributed by atoms with van der Waals surface area (Å²) in [6.07, 6.45) is 2.87. The lowest BCUT2D eigenvalue weighted by Gasteiger charge is -2.22. The third-order valence-electron chi connectivity index (χ3n) is 3.50. The van der Waals surface area contributed by atoms with Crippen LogP contribution in [0.4, 0.5) is 10.1 Å². The van der Waals surface area contributed by atoms with E-state index in [0.717, 1.165) is 25.8 Å². The van der Waals surface area contributed by atoms with Gasteiger partial charge in [-0.1, -0.05) is 6.42 Å². The summed E-state index contributed by atoms with van der Waals surface area (Å²) >= 11 is 0. The number of carbonyl (C=O) groups excluding carboxylic acids is 2. The van der Waals surface area contributed by atoms with Crippen molar-refractivity contribution in [1.82, 2.24) is 10.2 Å². The van der Waals surface area contributed by atoms with Gasteiger partial charge in [-0.05, 0) is 37.6 Å². The molecule has 1 aliphatic heterocycles. The zero-order valence-corrected chi connectivity index (χ0v) is 12.3. The van der Waals surface area contributed by atoms with Crippen molar-refractivity contribution in [3.63, 3.8) is 0 Å². The van der Waals surface area contributed by atoms with E-state index in [1.165, 1.54) is 23.1 Å². The van der Waals surface area contributed by atoms with Crippen molar-refractivity contribution >= 4 is 17.5 Å². The second-order valence-corrected chi connectivity index (χ2v) is 5.39.